The molecule has 1 aliphatic rings. The highest BCUT2D eigenvalue weighted by Gasteiger charge is 2.13. The molecule has 3 nitrogen and oxygen atoms in total. The lowest BCUT2D eigenvalue weighted by Crippen LogP contribution is -2.30. The molecule has 0 amide bonds. The van der Waals surface area contributed by atoms with Crippen LogP contribution < -0.4 is 15.8 Å². The predicted molar refractivity (Wildman–Crippen MR) is 61.9 cm³/mol. The highest BCUT2D eigenvalue weighted by atomic mass is 19.1. The fourth-order valence-electron chi connectivity index (χ4n) is 1.86. The van der Waals surface area contributed by atoms with E-state index in [-0.39, 0.29) is 5.69 Å². The van der Waals surface area contributed by atoms with Crippen LogP contribution in [0.1, 0.15) is 12.8 Å². The van der Waals surface area contributed by atoms with E-state index in [1.807, 2.05) is 0 Å². The first-order chi connectivity index (χ1) is 7.75. The first-order valence-electron chi connectivity index (χ1n) is 5.64. The Balaban J connectivity index is 1.86. The Morgan fingerprint density at radius 1 is 1.38 bits per heavy atom. The van der Waals surface area contributed by atoms with Gasteiger partial charge in [-0.2, -0.15) is 0 Å². The smallest absolute Gasteiger partial charge is 0.149 e. The molecule has 0 unspecified atom stereocenters. The fourth-order valence-corrected chi connectivity index (χ4v) is 1.86. The van der Waals surface area contributed by atoms with E-state index in [2.05, 4.69) is 5.32 Å². The van der Waals surface area contributed by atoms with E-state index >= 15 is 0 Å². The summed E-state index contributed by atoms with van der Waals surface area (Å²) >= 11 is 0. The van der Waals surface area contributed by atoms with Crippen molar-refractivity contribution in [2.24, 2.45) is 5.92 Å². The van der Waals surface area contributed by atoms with Gasteiger partial charge < -0.3 is 15.8 Å². The summed E-state index contributed by atoms with van der Waals surface area (Å²) in [6, 6.07) is 4.59. The Morgan fingerprint density at radius 3 is 2.81 bits per heavy atom. The molecule has 0 spiro atoms. The van der Waals surface area contributed by atoms with Crippen LogP contribution >= 0.6 is 0 Å². The summed E-state index contributed by atoms with van der Waals surface area (Å²) in [4.78, 5) is 0. The third-order valence-electron chi connectivity index (χ3n) is 2.92. The number of benzene rings is 1. The van der Waals surface area contributed by atoms with Gasteiger partial charge in [-0.1, -0.05) is 0 Å². The van der Waals surface area contributed by atoms with Crippen molar-refractivity contribution in [3.05, 3.63) is 24.0 Å². The largest absolute Gasteiger partial charge is 0.493 e. The highest BCUT2D eigenvalue weighted by Crippen LogP contribution is 2.20. The van der Waals surface area contributed by atoms with Crippen LogP contribution in [0.5, 0.6) is 5.75 Å². The van der Waals surface area contributed by atoms with Gasteiger partial charge >= 0.3 is 0 Å². The molecule has 4 heteroatoms. The number of hydrogen-bond acceptors (Lipinski definition) is 3. The van der Waals surface area contributed by atoms with Crippen LogP contribution in [0.25, 0.3) is 0 Å². The van der Waals surface area contributed by atoms with Crippen molar-refractivity contribution in [3.63, 3.8) is 0 Å². The molecule has 1 aromatic rings. The van der Waals surface area contributed by atoms with E-state index in [0.717, 1.165) is 25.9 Å². The number of rotatable bonds is 3. The molecule has 0 atom stereocenters. The Hall–Kier alpha value is -1.29. The summed E-state index contributed by atoms with van der Waals surface area (Å²) < 4.78 is 18.7. The molecule has 1 saturated heterocycles. The molecule has 1 aromatic carbocycles. The second-order valence-corrected chi connectivity index (χ2v) is 4.19. The maximum absolute atomic E-state index is 13.1. The second kappa shape index (κ2) is 5.16. The molecule has 1 heterocycles. The van der Waals surface area contributed by atoms with Crippen LogP contribution in [0, 0.1) is 11.7 Å². The van der Waals surface area contributed by atoms with Gasteiger partial charge in [0.1, 0.15) is 11.6 Å². The lowest BCUT2D eigenvalue weighted by atomic mass is 9.99. The standard InChI is InChI=1S/C12H17FN2O/c13-11-7-10(1-2-12(11)14)16-8-9-3-5-15-6-4-9/h1-2,7,9,15H,3-6,8,14H2. The van der Waals surface area contributed by atoms with Crippen molar-refractivity contribution in [1.29, 1.82) is 0 Å². The minimum atomic E-state index is -0.414. The van der Waals surface area contributed by atoms with Gasteiger partial charge in [0.15, 0.2) is 0 Å². The van der Waals surface area contributed by atoms with Crippen LogP contribution in [0.2, 0.25) is 0 Å². The number of hydrogen-bond donors (Lipinski definition) is 2. The molecule has 1 fully saturated rings. The van der Waals surface area contributed by atoms with E-state index in [1.54, 1.807) is 6.07 Å². The van der Waals surface area contributed by atoms with Gasteiger partial charge in [0.25, 0.3) is 0 Å². The molecule has 0 bridgehead atoms. The van der Waals surface area contributed by atoms with Crippen LogP contribution in [0.4, 0.5) is 10.1 Å². The van der Waals surface area contributed by atoms with E-state index < -0.39 is 5.82 Å². The molecule has 2 rings (SSSR count). The van der Waals surface area contributed by atoms with Crippen molar-refractivity contribution in [1.82, 2.24) is 5.32 Å². The third-order valence-corrected chi connectivity index (χ3v) is 2.92. The van der Waals surface area contributed by atoms with Gasteiger partial charge in [-0.05, 0) is 44.0 Å². The van der Waals surface area contributed by atoms with Crippen molar-refractivity contribution in [3.8, 4) is 5.75 Å². The molecular formula is C12H17FN2O. The van der Waals surface area contributed by atoms with E-state index in [9.17, 15) is 4.39 Å². The van der Waals surface area contributed by atoms with Crippen molar-refractivity contribution >= 4 is 5.69 Å². The summed E-state index contributed by atoms with van der Waals surface area (Å²) in [5.41, 5.74) is 5.55. The van der Waals surface area contributed by atoms with Crippen LogP contribution in [0.15, 0.2) is 18.2 Å². The number of ether oxygens (including phenoxy) is 1. The van der Waals surface area contributed by atoms with Crippen molar-refractivity contribution < 1.29 is 9.13 Å². The molecule has 16 heavy (non-hydrogen) atoms. The lowest BCUT2D eigenvalue weighted by Gasteiger charge is -2.22. The molecule has 0 aliphatic carbocycles. The van der Waals surface area contributed by atoms with E-state index in [0.29, 0.717) is 18.3 Å². The first-order valence-corrected chi connectivity index (χ1v) is 5.64. The van der Waals surface area contributed by atoms with Crippen molar-refractivity contribution in [2.45, 2.75) is 12.8 Å². The Bertz CT molecular complexity index is 351. The predicted octanol–water partition coefficient (Wildman–Crippen LogP) is 1.79. The van der Waals surface area contributed by atoms with Crippen LogP contribution in [0.3, 0.4) is 0 Å². The average Bonchev–Trinajstić information content (AvgIpc) is 2.32. The number of halogens is 1. The van der Waals surface area contributed by atoms with E-state index in [1.165, 1.54) is 12.1 Å². The van der Waals surface area contributed by atoms with E-state index in [4.69, 9.17) is 10.5 Å². The second-order valence-electron chi connectivity index (χ2n) is 4.19. The zero-order chi connectivity index (χ0) is 11.4. The Kier molecular flexibility index (Phi) is 3.62. The molecule has 1 aliphatic heterocycles. The zero-order valence-corrected chi connectivity index (χ0v) is 9.21. The Morgan fingerprint density at radius 2 is 2.12 bits per heavy atom. The van der Waals surface area contributed by atoms with Gasteiger partial charge in [-0.25, -0.2) is 4.39 Å². The number of nitrogens with one attached hydrogen (secondary N) is 1. The number of piperidine rings is 1. The molecule has 0 saturated carbocycles. The first kappa shape index (κ1) is 11.2. The minimum absolute atomic E-state index is 0.161. The van der Waals surface area contributed by atoms with Gasteiger partial charge in [0.05, 0.1) is 12.3 Å². The fraction of sp³-hybridized carbons (Fsp3) is 0.500. The summed E-state index contributed by atoms with van der Waals surface area (Å²) in [5, 5.41) is 3.30. The maximum Gasteiger partial charge on any atom is 0.149 e. The van der Waals surface area contributed by atoms with Crippen molar-refractivity contribution in [2.75, 3.05) is 25.4 Å². The Labute approximate surface area is 94.8 Å². The van der Waals surface area contributed by atoms with Gasteiger partial charge in [-0.15, -0.1) is 0 Å². The molecule has 88 valence electrons. The van der Waals surface area contributed by atoms with Gasteiger partial charge in [0, 0.05) is 6.07 Å². The third kappa shape index (κ3) is 2.85. The number of nitrogens with two attached hydrogens (primary N) is 1. The average molecular weight is 224 g/mol. The summed E-state index contributed by atoms with van der Waals surface area (Å²) in [6.07, 6.45) is 2.24. The number of anilines is 1. The summed E-state index contributed by atoms with van der Waals surface area (Å²) in [5.74, 6) is 0.718. The normalized spacial score (nSPS) is 17.3. The van der Waals surface area contributed by atoms with Gasteiger partial charge in [-0.3, -0.25) is 0 Å². The summed E-state index contributed by atoms with van der Waals surface area (Å²) in [6.45, 7) is 2.75. The highest BCUT2D eigenvalue weighted by molar-refractivity contribution is 5.43. The summed E-state index contributed by atoms with van der Waals surface area (Å²) in [7, 11) is 0. The molecule has 0 radical (unpaired) electrons. The lowest BCUT2D eigenvalue weighted by molar-refractivity contribution is 0.214. The van der Waals surface area contributed by atoms with Gasteiger partial charge in [0.2, 0.25) is 0 Å². The van der Waals surface area contributed by atoms with Crippen LogP contribution in [-0.4, -0.2) is 19.7 Å². The molecule has 3 N–H and O–H groups in total. The molecule has 0 aromatic heterocycles. The minimum Gasteiger partial charge on any atom is -0.493 e. The zero-order valence-electron chi connectivity index (χ0n) is 9.21. The monoisotopic (exact) mass is 224 g/mol. The SMILES string of the molecule is Nc1ccc(OCC2CCNCC2)cc1F. The quantitative estimate of drug-likeness (QED) is 0.769. The topological polar surface area (TPSA) is 47.3 Å². The van der Waals surface area contributed by atoms with Crippen LogP contribution in [-0.2, 0) is 0 Å². The number of nitrogen functional groups attached to an aromatic ring is 1. The maximum atomic E-state index is 13.1. The molecular weight excluding hydrogens is 207 g/mol.